The Labute approximate surface area is 189 Å². The van der Waals surface area contributed by atoms with Crippen molar-refractivity contribution in [3.63, 3.8) is 0 Å². The van der Waals surface area contributed by atoms with E-state index in [0.717, 1.165) is 36.5 Å². The smallest absolute Gasteiger partial charge is 0.321 e. The SMILES string of the molecule is CC(C(=O)NC(=O)NC1CCCCC1)N1CCN(C(=O)c2cccc3ccccc23)CC1. The fourth-order valence-corrected chi connectivity index (χ4v) is 4.75. The number of amides is 4. The van der Waals surface area contributed by atoms with Gasteiger partial charge in [-0.05, 0) is 36.6 Å². The lowest BCUT2D eigenvalue weighted by Gasteiger charge is -2.37. The normalized spacial score (nSPS) is 18.8. The summed E-state index contributed by atoms with van der Waals surface area (Å²) in [4.78, 5) is 41.8. The summed E-state index contributed by atoms with van der Waals surface area (Å²) in [6.45, 7) is 4.10. The maximum Gasteiger partial charge on any atom is 0.321 e. The summed E-state index contributed by atoms with van der Waals surface area (Å²) in [5.41, 5.74) is 0.710. The Balaban J connectivity index is 1.29. The third kappa shape index (κ3) is 5.10. The predicted molar refractivity (Wildman–Crippen MR) is 124 cm³/mol. The van der Waals surface area contributed by atoms with Crippen LogP contribution in [0.1, 0.15) is 49.4 Å². The standard InChI is InChI=1S/C25H32N4O3/c1-18(23(30)27-25(32)26-20-10-3-2-4-11-20)28-14-16-29(17-15-28)24(31)22-13-7-9-19-8-5-6-12-21(19)22/h5-9,12-13,18,20H,2-4,10-11,14-17H2,1H3,(H2,26,27,30,32). The van der Waals surface area contributed by atoms with E-state index in [1.54, 1.807) is 0 Å². The average molecular weight is 437 g/mol. The zero-order chi connectivity index (χ0) is 22.5. The van der Waals surface area contributed by atoms with E-state index >= 15 is 0 Å². The minimum Gasteiger partial charge on any atom is -0.336 e. The topological polar surface area (TPSA) is 81.8 Å². The number of hydrogen-bond donors (Lipinski definition) is 2. The number of fused-ring (bicyclic) bond motifs is 1. The summed E-state index contributed by atoms with van der Waals surface area (Å²) in [6, 6.07) is 13.0. The first-order valence-electron chi connectivity index (χ1n) is 11.7. The molecule has 1 saturated heterocycles. The van der Waals surface area contributed by atoms with Crippen LogP contribution < -0.4 is 10.6 Å². The highest BCUT2D eigenvalue weighted by Crippen LogP contribution is 2.21. The molecule has 7 heteroatoms. The summed E-state index contributed by atoms with van der Waals surface area (Å²) >= 11 is 0. The summed E-state index contributed by atoms with van der Waals surface area (Å²) in [5, 5.41) is 7.42. The first-order chi connectivity index (χ1) is 15.5. The van der Waals surface area contributed by atoms with Crippen molar-refractivity contribution >= 4 is 28.6 Å². The number of hydrogen-bond acceptors (Lipinski definition) is 4. The number of carbonyl (C=O) groups is 3. The zero-order valence-electron chi connectivity index (χ0n) is 18.7. The maximum atomic E-state index is 13.1. The lowest BCUT2D eigenvalue weighted by Crippen LogP contribution is -2.56. The highest BCUT2D eigenvalue weighted by molar-refractivity contribution is 6.07. The number of nitrogens with one attached hydrogen (secondary N) is 2. The van der Waals surface area contributed by atoms with Gasteiger partial charge in [0.2, 0.25) is 5.91 Å². The number of piperazine rings is 1. The Morgan fingerprint density at radius 1 is 0.906 bits per heavy atom. The summed E-state index contributed by atoms with van der Waals surface area (Å²) < 4.78 is 0. The molecule has 170 valence electrons. The van der Waals surface area contributed by atoms with Crippen LogP contribution in [0.5, 0.6) is 0 Å². The molecule has 2 aromatic carbocycles. The molecule has 32 heavy (non-hydrogen) atoms. The molecule has 0 bridgehead atoms. The third-order valence-electron chi connectivity index (χ3n) is 6.73. The molecule has 0 aromatic heterocycles. The molecule has 0 radical (unpaired) electrons. The van der Waals surface area contributed by atoms with Gasteiger partial charge in [0, 0.05) is 37.8 Å². The number of carbonyl (C=O) groups excluding carboxylic acids is 3. The van der Waals surface area contributed by atoms with Gasteiger partial charge in [0.05, 0.1) is 6.04 Å². The Morgan fingerprint density at radius 2 is 1.59 bits per heavy atom. The molecule has 1 saturated carbocycles. The molecule has 1 aliphatic carbocycles. The second-order valence-electron chi connectivity index (χ2n) is 8.83. The van der Waals surface area contributed by atoms with Gasteiger partial charge >= 0.3 is 6.03 Å². The first-order valence-corrected chi connectivity index (χ1v) is 11.7. The van der Waals surface area contributed by atoms with Gasteiger partial charge in [-0.25, -0.2) is 4.79 Å². The van der Waals surface area contributed by atoms with Crippen LogP contribution in [-0.4, -0.2) is 65.9 Å². The molecule has 2 fully saturated rings. The van der Waals surface area contributed by atoms with E-state index in [1.807, 2.05) is 59.2 Å². The predicted octanol–water partition coefficient (Wildman–Crippen LogP) is 3.14. The molecule has 1 atom stereocenters. The van der Waals surface area contributed by atoms with E-state index in [-0.39, 0.29) is 17.9 Å². The van der Waals surface area contributed by atoms with Crippen molar-refractivity contribution in [1.82, 2.24) is 20.4 Å². The van der Waals surface area contributed by atoms with E-state index in [1.165, 1.54) is 6.42 Å². The number of benzene rings is 2. The van der Waals surface area contributed by atoms with Crippen molar-refractivity contribution in [3.05, 3.63) is 48.0 Å². The van der Waals surface area contributed by atoms with Crippen molar-refractivity contribution in [2.24, 2.45) is 0 Å². The fraction of sp³-hybridized carbons (Fsp3) is 0.480. The molecule has 1 aliphatic heterocycles. The molecule has 2 N–H and O–H groups in total. The van der Waals surface area contributed by atoms with Crippen LogP contribution in [-0.2, 0) is 4.79 Å². The van der Waals surface area contributed by atoms with Crippen LogP contribution in [0.25, 0.3) is 10.8 Å². The van der Waals surface area contributed by atoms with E-state index < -0.39 is 12.1 Å². The van der Waals surface area contributed by atoms with Gasteiger partial charge in [0.25, 0.3) is 5.91 Å². The Hall–Kier alpha value is -2.93. The van der Waals surface area contributed by atoms with E-state index in [0.29, 0.717) is 31.7 Å². The Bertz CT molecular complexity index is 973. The summed E-state index contributed by atoms with van der Waals surface area (Å²) in [7, 11) is 0. The summed E-state index contributed by atoms with van der Waals surface area (Å²) in [5.74, 6) is -0.280. The average Bonchev–Trinajstić information content (AvgIpc) is 2.83. The minimum atomic E-state index is -0.429. The maximum absolute atomic E-state index is 13.1. The zero-order valence-corrected chi connectivity index (χ0v) is 18.7. The van der Waals surface area contributed by atoms with Gasteiger partial charge in [-0.3, -0.25) is 19.8 Å². The fourth-order valence-electron chi connectivity index (χ4n) is 4.75. The van der Waals surface area contributed by atoms with Gasteiger partial charge in [-0.15, -0.1) is 0 Å². The molecular formula is C25H32N4O3. The number of urea groups is 1. The Kier molecular flexibility index (Phi) is 7.05. The molecule has 1 unspecified atom stereocenters. The van der Waals surface area contributed by atoms with Crippen molar-refractivity contribution in [1.29, 1.82) is 0 Å². The second kappa shape index (κ2) is 10.1. The third-order valence-corrected chi connectivity index (χ3v) is 6.73. The van der Waals surface area contributed by atoms with Crippen LogP contribution in [0.2, 0.25) is 0 Å². The van der Waals surface area contributed by atoms with Crippen molar-refractivity contribution in [2.75, 3.05) is 26.2 Å². The highest BCUT2D eigenvalue weighted by atomic mass is 16.2. The van der Waals surface area contributed by atoms with Crippen molar-refractivity contribution in [3.8, 4) is 0 Å². The van der Waals surface area contributed by atoms with Gasteiger partial charge in [0.1, 0.15) is 0 Å². The molecule has 2 aromatic rings. The molecule has 0 spiro atoms. The van der Waals surface area contributed by atoms with Crippen molar-refractivity contribution < 1.29 is 14.4 Å². The highest BCUT2D eigenvalue weighted by Gasteiger charge is 2.29. The lowest BCUT2D eigenvalue weighted by molar-refractivity contribution is -0.125. The van der Waals surface area contributed by atoms with Crippen LogP contribution in [0.15, 0.2) is 42.5 Å². The van der Waals surface area contributed by atoms with E-state index in [4.69, 9.17) is 0 Å². The monoisotopic (exact) mass is 436 g/mol. The summed E-state index contributed by atoms with van der Waals surface area (Å²) in [6.07, 6.45) is 5.41. The van der Waals surface area contributed by atoms with Crippen LogP contribution in [0.4, 0.5) is 4.79 Å². The second-order valence-corrected chi connectivity index (χ2v) is 8.83. The van der Waals surface area contributed by atoms with Gasteiger partial charge in [-0.2, -0.15) is 0 Å². The molecule has 2 aliphatic rings. The molecule has 7 nitrogen and oxygen atoms in total. The largest absolute Gasteiger partial charge is 0.336 e. The van der Waals surface area contributed by atoms with Gasteiger partial charge in [-0.1, -0.05) is 55.7 Å². The van der Waals surface area contributed by atoms with Crippen LogP contribution >= 0.6 is 0 Å². The van der Waals surface area contributed by atoms with E-state index in [9.17, 15) is 14.4 Å². The molecular weight excluding hydrogens is 404 g/mol. The minimum absolute atomic E-state index is 0.0189. The number of imide groups is 1. The Morgan fingerprint density at radius 3 is 2.34 bits per heavy atom. The lowest BCUT2D eigenvalue weighted by atomic mass is 9.96. The quantitative estimate of drug-likeness (QED) is 0.772. The molecule has 4 amide bonds. The van der Waals surface area contributed by atoms with Gasteiger partial charge < -0.3 is 10.2 Å². The molecule has 4 rings (SSSR count). The molecule has 1 heterocycles. The first kappa shape index (κ1) is 22.3. The van der Waals surface area contributed by atoms with Crippen molar-refractivity contribution in [2.45, 2.75) is 51.1 Å². The van der Waals surface area contributed by atoms with Crippen LogP contribution in [0.3, 0.4) is 0 Å². The van der Waals surface area contributed by atoms with Crippen LogP contribution in [0, 0.1) is 0 Å². The number of rotatable bonds is 4. The van der Waals surface area contributed by atoms with E-state index in [2.05, 4.69) is 10.6 Å². The van der Waals surface area contributed by atoms with Gasteiger partial charge in [0.15, 0.2) is 0 Å². The number of nitrogens with zero attached hydrogens (tertiary/aromatic N) is 2.